The number of amides is 1. The molecule has 1 rings (SSSR count). The Morgan fingerprint density at radius 3 is 2.22 bits per heavy atom. The number of carbonyl (C=O) groups excluding carboxylic acids is 1. The Labute approximate surface area is 110 Å². The summed E-state index contributed by atoms with van der Waals surface area (Å²) in [5, 5.41) is 3.17. The quantitative estimate of drug-likeness (QED) is 0.760. The van der Waals surface area contributed by atoms with Crippen molar-refractivity contribution in [2.75, 3.05) is 19.6 Å². The van der Waals surface area contributed by atoms with Crippen molar-refractivity contribution >= 4 is 15.9 Å². The van der Waals surface area contributed by atoms with Crippen LogP contribution in [0.2, 0.25) is 0 Å². The highest BCUT2D eigenvalue weighted by atomic mass is 32.2. The van der Waals surface area contributed by atoms with Gasteiger partial charge in [0.15, 0.2) is 4.75 Å². The molecule has 1 saturated heterocycles. The Morgan fingerprint density at radius 2 is 1.78 bits per heavy atom. The normalized spacial score (nSPS) is 21.8. The number of nitrogens with one attached hydrogen (secondary N) is 1. The van der Waals surface area contributed by atoms with Gasteiger partial charge in [-0.05, 0) is 32.2 Å². The van der Waals surface area contributed by atoms with Gasteiger partial charge in [-0.1, -0.05) is 20.8 Å². The van der Waals surface area contributed by atoms with E-state index in [0.29, 0.717) is 6.54 Å². The summed E-state index contributed by atoms with van der Waals surface area (Å²) in [6, 6.07) is 0. The Balaban J connectivity index is 2.33. The average Bonchev–Trinajstić information content (AvgIpc) is 2.20. The molecule has 1 heterocycles. The number of carbonyl (C=O) groups is 1. The first kappa shape index (κ1) is 15.4. The summed E-state index contributed by atoms with van der Waals surface area (Å²) in [5.74, 6) is -0.305. The second-order valence-corrected chi connectivity index (χ2v) is 8.86. The van der Waals surface area contributed by atoms with Crippen LogP contribution in [0.1, 0.15) is 41.0 Å². The van der Waals surface area contributed by atoms with E-state index in [0.717, 1.165) is 17.3 Å². The van der Waals surface area contributed by atoms with Crippen LogP contribution in [0.15, 0.2) is 0 Å². The molecule has 0 aliphatic carbocycles. The smallest absolute Gasteiger partial charge is 0.258 e. The summed E-state index contributed by atoms with van der Waals surface area (Å²) in [7, 11) is -3.42. The number of rotatable bonds is 5. The molecule has 0 aromatic carbocycles. The zero-order valence-corrected chi connectivity index (χ0v) is 12.7. The molecule has 0 bridgehead atoms. The number of sulfonamides is 1. The van der Waals surface area contributed by atoms with Gasteiger partial charge in [0.2, 0.25) is 0 Å². The van der Waals surface area contributed by atoms with E-state index in [-0.39, 0.29) is 17.9 Å². The predicted molar refractivity (Wildman–Crippen MR) is 71.7 cm³/mol. The highest BCUT2D eigenvalue weighted by molar-refractivity contribution is 7.94. The third-order valence-electron chi connectivity index (χ3n) is 3.22. The second kappa shape index (κ2) is 4.81. The first-order valence-electron chi connectivity index (χ1n) is 6.27. The molecular weight excluding hydrogens is 252 g/mol. The van der Waals surface area contributed by atoms with Crippen LogP contribution in [-0.4, -0.2) is 43.0 Å². The third-order valence-corrected chi connectivity index (χ3v) is 5.61. The molecule has 1 aliphatic rings. The zero-order valence-electron chi connectivity index (χ0n) is 11.9. The summed E-state index contributed by atoms with van der Waals surface area (Å²) in [4.78, 5) is 11.6. The van der Waals surface area contributed by atoms with Gasteiger partial charge < -0.3 is 5.32 Å². The molecule has 0 saturated carbocycles. The lowest BCUT2D eigenvalue weighted by Crippen LogP contribution is -2.68. The second-order valence-electron chi connectivity index (χ2n) is 6.45. The Hall–Kier alpha value is -0.620. The Morgan fingerprint density at radius 1 is 1.22 bits per heavy atom. The fourth-order valence-corrected chi connectivity index (χ4v) is 3.27. The van der Waals surface area contributed by atoms with Crippen LogP contribution in [0.4, 0.5) is 0 Å². The van der Waals surface area contributed by atoms with E-state index >= 15 is 0 Å². The molecule has 0 aromatic rings. The fraction of sp³-hybridized carbons (Fsp3) is 0.917. The molecule has 0 unspecified atom stereocenters. The summed E-state index contributed by atoms with van der Waals surface area (Å²) in [6.07, 6.45) is 1.01. The minimum absolute atomic E-state index is 0.231. The van der Waals surface area contributed by atoms with Crippen LogP contribution in [0.3, 0.4) is 0 Å². The first-order valence-corrected chi connectivity index (χ1v) is 7.71. The van der Waals surface area contributed by atoms with Crippen molar-refractivity contribution in [1.29, 1.82) is 0 Å². The van der Waals surface area contributed by atoms with Crippen molar-refractivity contribution in [3.8, 4) is 0 Å². The maximum atomic E-state index is 11.8. The van der Waals surface area contributed by atoms with Gasteiger partial charge in [0.05, 0.1) is 0 Å². The van der Waals surface area contributed by atoms with Gasteiger partial charge in [-0.3, -0.25) is 4.79 Å². The minimum Gasteiger partial charge on any atom is -0.315 e. The molecule has 1 amide bonds. The van der Waals surface area contributed by atoms with Crippen molar-refractivity contribution in [2.24, 2.45) is 5.41 Å². The molecule has 1 fully saturated rings. The molecule has 106 valence electrons. The van der Waals surface area contributed by atoms with Gasteiger partial charge in [0, 0.05) is 13.1 Å². The standard InChI is InChI=1S/C12H24N2O3S/c1-11(2,3)6-7-13-8-9-14-10(15)12(4,5)18(14,16)17/h13H,6-9H2,1-5H3. The fourth-order valence-electron chi connectivity index (χ4n) is 1.75. The summed E-state index contributed by atoms with van der Waals surface area (Å²) < 4.78 is 23.3. The van der Waals surface area contributed by atoms with Gasteiger partial charge in [0.1, 0.15) is 0 Å². The molecule has 18 heavy (non-hydrogen) atoms. The average molecular weight is 276 g/mol. The van der Waals surface area contributed by atoms with Crippen LogP contribution in [0, 0.1) is 5.41 Å². The summed E-state index contributed by atoms with van der Waals surface area (Å²) >= 11 is 0. The maximum Gasteiger partial charge on any atom is 0.258 e. The monoisotopic (exact) mass is 276 g/mol. The van der Waals surface area contributed by atoms with Crippen LogP contribution >= 0.6 is 0 Å². The van der Waals surface area contributed by atoms with Gasteiger partial charge in [-0.15, -0.1) is 0 Å². The SMILES string of the molecule is CC(C)(C)CCNCCN1C(=O)C(C)(C)S1(=O)=O. The molecule has 5 nitrogen and oxygen atoms in total. The molecule has 1 aliphatic heterocycles. The highest BCUT2D eigenvalue weighted by Gasteiger charge is 2.59. The van der Waals surface area contributed by atoms with Gasteiger partial charge in [0.25, 0.3) is 15.9 Å². The van der Waals surface area contributed by atoms with Crippen LogP contribution in [0.25, 0.3) is 0 Å². The van der Waals surface area contributed by atoms with Gasteiger partial charge in [-0.2, -0.15) is 0 Å². The molecule has 0 atom stereocenters. The highest BCUT2D eigenvalue weighted by Crippen LogP contribution is 2.34. The number of hydrogen-bond acceptors (Lipinski definition) is 4. The summed E-state index contributed by atoms with van der Waals surface area (Å²) in [5.41, 5.74) is 0.258. The molecular formula is C12H24N2O3S. The molecule has 6 heteroatoms. The molecule has 0 aromatic heterocycles. The van der Waals surface area contributed by atoms with E-state index in [1.54, 1.807) is 0 Å². The topological polar surface area (TPSA) is 66.5 Å². The lowest BCUT2D eigenvalue weighted by atomic mass is 9.92. The van der Waals surface area contributed by atoms with Crippen molar-refractivity contribution in [3.63, 3.8) is 0 Å². The molecule has 0 spiro atoms. The van der Waals surface area contributed by atoms with Crippen LogP contribution in [0.5, 0.6) is 0 Å². The van der Waals surface area contributed by atoms with Crippen LogP contribution in [-0.2, 0) is 14.8 Å². The maximum absolute atomic E-state index is 11.8. The lowest BCUT2D eigenvalue weighted by molar-refractivity contribution is -0.132. The van der Waals surface area contributed by atoms with Gasteiger partial charge >= 0.3 is 0 Å². The molecule has 0 radical (unpaired) electrons. The third kappa shape index (κ3) is 2.85. The van der Waals surface area contributed by atoms with E-state index < -0.39 is 14.8 Å². The van der Waals surface area contributed by atoms with E-state index in [9.17, 15) is 13.2 Å². The number of nitrogens with zero attached hydrogens (tertiary/aromatic N) is 1. The van der Waals surface area contributed by atoms with Crippen molar-refractivity contribution in [3.05, 3.63) is 0 Å². The minimum atomic E-state index is -3.42. The predicted octanol–water partition coefficient (Wildman–Crippen LogP) is 0.963. The van der Waals surface area contributed by atoms with Gasteiger partial charge in [-0.25, -0.2) is 12.7 Å². The van der Waals surface area contributed by atoms with Crippen molar-refractivity contribution in [2.45, 2.75) is 45.8 Å². The van der Waals surface area contributed by atoms with Crippen molar-refractivity contribution in [1.82, 2.24) is 9.62 Å². The van der Waals surface area contributed by atoms with Crippen LogP contribution < -0.4 is 5.32 Å². The van der Waals surface area contributed by atoms with E-state index in [4.69, 9.17) is 0 Å². The van der Waals surface area contributed by atoms with E-state index in [1.165, 1.54) is 13.8 Å². The van der Waals surface area contributed by atoms with E-state index in [1.807, 2.05) is 0 Å². The Kier molecular flexibility index (Phi) is 4.13. The first-order chi connectivity index (χ1) is 8.00. The van der Waals surface area contributed by atoms with Crippen molar-refractivity contribution < 1.29 is 13.2 Å². The zero-order chi connectivity index (χ0) is 14.2. The summed E-state index contributed by atoms with van der Waals surface area (Å²) in [6.45, 7) is 10.9. The van der Waals surface area contributed by atoms with E-state index in [2.05, 4.69) is 26.1 Å². The lowest BCUT2D eigenvalue weighted by Gasteiger charge is -2.43. The number of hydrogen-bond donors (Lipinski definition) is 1. The Bertz CT molecular complexity index is 421. The molecule has 1 N–H and O–H groups in total. The largest absolute Gasteiger partial charge is 0.315 e.